The van der Waals surface area contributed by atoms with Crippen molar-refractivity contribution in [2.75, 3.05) is 12.4 Å². The summed E-state index contributed by atoms with van der Waals surface area (Å²) in [7, 11) is 1.54. The summed E-state index contributed by atoms with van der Waals surface area (Å²) in [5.41, 5.74) is 3.45. The Hall–Kier alpha value is -2.43. The van der Waals surface area contributed by atoms with E-state index in [1.54, 1.807) is 19.5 Å². The molecule has 1 aromatic carbocycles. The van der Waals surface area contributed by atoms with E-state index in [0.29, 0.717) is 6.01 Å². The largest absolute Gasteiger partial charge is 0.467 e. The van der Waals surface area contributed by atoms with E-state index >= 15 is 0 Å². The Kier molecular flexibility index (Phi) is 3.56. The molecule has 0 spiro atoms. The number of aromatic nitrogens is 2. The quantitative estimate of drug-likeness (QED) is 0.941. The Bertz CT molecular complexity index is 706. The van der Waals surface area contributed by atoms with Crippen LogP contribution in [0.1, 0.15) is 32.3 Å². The van der Waals surface area contributed by atoms with Gasteiger partial charge in [0.25, 0.3) is 0 Å². The topological polar surface area (TPSA) is 64.1 Å². The SMILES string of the molecule is CCC1(CC)C(=O)Nc2ccc(-c3cnc(OC)nc3)cc21. The molecule has 2 aromatic rings. The molecule has 5 nitrogen and oxygen atoms in total. The lowest BCUT2D eigenvalue weighted by Gasteiger charge is -2.24. The van der Waals surface area contributed by atoms with E-state index < -0.39 is 5.41 Å². The summed E-state index contributed by atoms with van der Waals surface area (Å²) in [5.74, 6) is 0.0932. The lowest BCUT2D eigenvalue weighted by atomic mass is 9.76. The third-order valence-electron chi connectivity index (χ3n) is 4.57. The molecule has 114 valence electrons. The highest BCUT2D eigenvalue weighted by Gasteiger charge is 2.43. The van der Waals surface area contributed by atoms with Crippen LogP contribution in [0, 0.1) is 0 Å². The number of nitrogens with zero attached hydrogens (tertiary/aromatic N) is 2. The van der Waals surface area contributed by atoms with Crippen LogP contribution in [0.3, 0.4) is 0 Å². The number of carbonyl (C=O) groups excluding carboxylic acids is 1. The molecule has 1 aromatic heterocycles. The number of fused-ring (bicyclic) bond motifs is 1. The number of methoxy groups -OCH3 is 1. The molecule has 0 unspecified atom stereocenters. The highest BCUT2D eigenvalue weighted by atomic mass is 16.5. The zero-order chi connectivity index (χ0) is 15.7. The van der Waals surface area contributed by atoms with Crippen molar-refractivity contribution in [2.45, 2.75) is 32.1 Å². The van der Waals surface area contributed by atoms with Crippen molar-refractivity contribution in [1.29, 1.82) is 0 Å². The van der Waals surface area contributed by atoms with Crippen LogP contribution in [-0.2, 0) is 10.2 Å². The van der Waals surface area contributed by atoms with E-state index in [9.17, 15) is 4.79 Å². The smallest absolute Gasteiger partial charge is 0.316 e. The molecule has 0 saturated carbocycles. The van der Waals surface area contributed by atoms with Gasteiger partial charge >= 0.3 is 6.01 Å². The minimum atomic E-state index is -0.432. The molecule has 1 aliphatic rings. The maximum Gasteiger partial charge on any atom is 0.316 e. The molecule has 0 atom stereocenters. The van der Waals surface area contributed by atoms with Crippen molar-refractivity contribution in [1.82, 2.24) is 9.97 Å². The first-order valence-electron chi connectivity index (χ1n) is 7.47. The summed E-state index contributed by atoms with van der Waals surface area (Å²) in [5, 5.41) is 3.00. The summed E-state index contributed by atoms with van der Waals surface area (Å²) < 4.78 is 4.98. The normalized spacial score (nSPS) is 15.3. The summed E-state index contributed by atoms with van der Waals surface area (Å²) in [6, 6.07) is 6.36. The Morgan fingerprint density at radius 1 is 1.14 bits per heavy atom. The highest BCUT2D eigenvalue weighted by Crippen LogP contribution is 2.44. The van der Waals surface area contributed by atoms with Gasteiger partial charge in [0, 0.05) is 23.6 Å². The van der Waals surface area contributed by atoms with Crippen molar-refractivity contribution < 1.29 is 9.53 Å². The van der Waals surface area contributed by atoms with E-state index in [1.165, 1.54) is 0 Å². The number of hydrogen-bond donors (Lipinski definition) is 1. The van der Waals surface area contributed by atoms with Gasteiger partial charge in [0.15, 0.2) is 0 Å². The van der Waals surface area contributed by atoms with Crippen molar-refractivity contribution in [2.24, 2.45) is 0 Å². The third-order valence-corrected chi connectivity index (χ3v) is 4.57. The summed E-state index contributed by atoms with van der Waals surface area (Å²) >= 11 is 0. The molecule has 0 aliphatic carbocycles. The maximum atomic E-state index is 12.4. The van der Waals surface area contributed by atoms with Gasteiger partial charge in [0.1, 0.15) is 0 Å². The maximum absolute atomic E-state index is 12.4. The van der Waals surface area contributed by atoms with Crippen molar-refractivity contribution in [3.05, 3.63) is 36.2 Å². The van der Waals surface area contributed by atoms with Gasteiger partial charge in [-0.1, -0.05) is 19.9 Å². The highest BCUT2D eigenvalue weighted by molar-refractivity contribution is 6.06. The molecular weight excluding hydrogens is 278 g/mol. The van der Waals surface area contributed by atoms with Gasteiger partial charge in [-0.25, -0.2) is 9.97 Å². The van der Waals surface area contributed by atoms with Crippen LogP contribution in [0.5, 0.6) is 6.01 Å². The molecule has 0 radical (unpaired) electrons. The van der Waals surface area contributed by atoms with Gasteiger partial charge in [-0.05, 0) is 36.1 Å². The Balaban J connectivity index is 2.07. The second-order valence-corrected chi connectivity index (χ2v) is 5.46. The van der Waals surface area contributed by atoms with Gasteiger partial charge in [-0.2, -0.15) is 0 Å². The van der Waals surface area contributed by atoms with Crippen molar-refractivity contribution in [3.8, 4) is 17.1 Å². The predicted octanol–water partition coefficient (Wildman–Crippen LogP) is 3.16. The van der Waals surface area contributed by atoms with E-state index in [0.717, 1.165) is 35.2 Å². The zero-order valence-corrected chi connectivity index (χ0v) is 13.0. The molecule has 0 bridgehead atoms. The molecule has 5 heteroatoms. The fourth-order valence-corrected chi connectivity index (χ4v) is 3.12. The third kappa shape index (κ3) is 2.04. The van der Waals surface area contributed by atoms with Crippen LogP contribution < -0.4 is 10.1 Å². The molecule has 2 heterocycles. The van der Waals surface area contributed by atoms with Crippen LogP contribution in [0.2, 0.25) is 0 Å². The van der Waals surface area contributed by atoms with Gasteiger partial charge < -0.3 is 10.1 Å². The fourth-order valence-electron chi connectivity index (χ4n) is 3.12. The van der Waals surface area contributed by atoms with E-state index in [1.807, 2.05) is 12.1 Å². The van der Waals surface area contributed by atoms with Gasteiger partial charge in [0.2, 0.25) is 5.91 Å². The van der Waals surface area contributed by atoms with Crippen LogP contribution in [0.15, 0.2) is 30.6 Å². The molecule has 0 fully saturated rings. The second kappa shape index (κ2) is 5.40. The number of rotatable bonds is 4. The van der Waals surface area contributed by atoms with E-state index in [2.05, 4.69) is 35.2 Å². The lowest BCUT2D eigenvalue weighted by molar-refractivity contribution is -0.121. The van der Waals surface area contributed by atoms with E-state index in [4.69, 9.17) is 4.74 Å². The average Bonchev–Trinajstić information content (AvgIpc) is 2.85. The van der Waals surface area contributed by atoms with E-state index in [-0.39, 0.29) is 5.91 Å². The second-order valence-electron chi connectivity index (χ2n) is 5.46. The number of benzene rings is 1. The number of nitrogens with one attached hydrogen (secondary N) is 1. The number of ether oxygens (including phenoxy) is 1. The first-order chi connectivity index (χ1) is 10.6. The minimum Gasteiger partial charge on any atom is -0.467 e. The Labute approximate surface area is 129 Å². The van der Waals surface area contributed by atoms with Gasteiger partial charge in [-0.15, -0.1) is 0 Å². The number of anilines is 1. The van der Waals surface area contributed by atoms with Crippen LogP contribution >= 0.6 is 0 Å². The predicted molar refractivity (Wildman–Crippen MR) is 84.9 cm³/mol. The average molecular weight is 297 g/mol. The first-order valence-corrected chi connectivity index (χ1v) is 7.47. The fraction of sp³-hybridized carbons (Fsp3) is 0.353. The molecule has 3 rings (SSSR count). The standard InChI is InChI=1S/C17H19N3O2/c1-4-17(5-2)13-8-11(6-7-14(13)20-15(17)21)12-9-18-16(22-3)19-10-12/h6-10H,4-5H2,1-3H3,(H,20,21). The van der Waals surface area contributed by atoms with Crippen LogP contribution in [0.4, 0.5) is 5.69 Å². The van der Waals surface area contributed by atoms with Crippen LogP contribution in [-0.4, -0.2) is 23.0 Å². The molecule has 1 aliphatic heterocycles. The summed E-state index contributed by atoms with van der Waals surface area (Å²) in [6.45, 7) is 4.11. The van der Waals surface area contributed by atoms with Gasteiger partial charge in [-0.3, -0.25) is 4.79 Å². The first kappa shape index (κ1) is 14.5. The molecular formula is C17H19N3O2. The Morgan fingerprint density at radius 3 is 2.41 bits per heavy atom. The van der Waals surface area contributed by atoms with Gasteiger partial charge in [0.05, 0.1) is 12.5 Å². The zero-order valence-electron chi connectivity index (χ0n) is 13.0. The summed E-state index contributed by atoms with van der Waals surface area (Å²) in [4.78, 5) is 20.7. The summed E-state index contributed by atoms with van der Waals surface area (Å²) in [6.07, 6.45) is 5.03. The minimum absolute atomic E-state index is 0.0932. The van der Waals surface area contributed by atoms with Crippen LogP contribution in [0.25, 0.3) is 11.1 Å². The molecule has 1 amide bonds. The number of carbonyl (C=O) groups is 1. The van der Waals surface area contributed by atoms with Crippen molar-refractivity contribution in [3.63, 3.8) is 0 Å². The molecule has 22 heavy (non-hydrogen) atoms. The lowest BCUT2D eigenvalue weighted by Crippen LogP contribution is -2.32. The number of hydrogen-bond acceptors (Lipinski definition) is 4. The number of amides is 1. The molecule has 1 N–H and O–H groups in total. The molecule has 0 saturated heterocycles. The Morgan fingerprint density at radius 2 is 1.82 bits per heavy atom. The van der Waals surface area contributed by atoms with Crippen molar-refractivity contribution >= 4 is 11.6 Å². The monoisotopic (exact) mass is 297 g/mol.